The van der Waals surface area contributed by atoms with Crippen molar-refractivity contribution in [3.8, 4) is 11.3 Å². The van der Waals surface area contributed by atoms with Gasteiger partial charge in [-0.3, -0.25) is 4.40 Å². The molecule has 3 aromatic heterocycles. The van der Waals surface area contributed by atoms with Gasteiger partial charge in [0, 0.05) is 54.2 Å². The number of carbonyl (C=O) groups is 1. The zero-order valence-corrected chi connectivity index (χ0v) is 20.2. The fraction of sp³-hybridized carbons (Fsp3) is 0.400. The quantitative estimate of drug-likeness (QED) is 0.376. The number of anilines is 1. The number of hydrogen-bond donors (Lipinski definition) is 2. The molecule has 8 nitrogen and oxygen atoms in total. The zero-order valence-electron chi connectivity index (χ0n) is 20.2. The van der Waals surface area contributed by atoms with Crippen molar-refractivity contribution in [2.45, 2.75) is 51.4 Å². The summed E-state index contributed by atoms with van der Waals surface area (Å²) in [5.74, 6) is 0.226. The van der Waals surface area contributed by atoms with Gasteiger partial charge in [-0.1, -0.05) is 18.2 Å². The van der Waals surface area contributed by atoms with Gasteiger partial charge in [0.25, 0.3) is 0 Å². The molecule has 1 aliphatic rings. The highest BCUT2D eigenvalue weighted by Gasteiger charge is 2.39. The van der Waals surface area contributed by atoms with Gasteiger partial charge in [0.1, 0.15) is 11.3 Å². The Hall–Kier alpha value is -3.76. The minimum absolute atomic E-state index is 0.0697. The van der Waals surface area contributed by atoms with Crippen molar-refractivity contribution in [1.82, 2.24) is 24.3 Å². The second kappa shape index (κ2) is 8.72. The van der Waals surface area contributed by atoms with Gasteiger partial charge in [-0.15, -0.1) is 0 Å². The highest BCUT2D eigenvalue weighted by atomic mass is 19.4. The molecular weight excluding hydrogens is 473 g/mol. The van der Waals surface area contributed by atoms with Crippen LogP contribution in [-0.4, -0.2) is 55.1 Å². The first-order chi connectivity index (χ1) is 17.0. The number of halogens is 3. The second-order valence-electron chi connectivity index (χ2n) is 9.93. The van der Waals surface area contributed by atoms with Gasteiger partial charge < -0.3 is 19.9 Å². The smallest absolute Gasteiger partial charge is 0.433 e. The predicted molar refractivity (Wildman–Crippen MR) is 130 cm³/mol. The van der Waals surface area contributed by atoms with E-state index in [0.29, 0.717) is 29.6 Å². The number of aromatic amines is 1. The van der Waals surface area contributed by atoms with Gasteiger partial charge >= 0.3 is 12.3 Å². The van der Waals surface area contributed by atoms with E-state index in [9.17, 15) is 18.0 Å². The Balaban J connectivity index is 1.55. The van der Waals surface area contributed by atoms with E-state index in [1.54, 1.807) is 50.1 Å². The van der Waals surface area contributed by atoms with Crippen LogP contribution in [0.3, 0.4) is 0 Å². The number of piperidine rings is 1. The minimum Gasteiger partial charge on any atom is -0.444 e. The molecule has 1 fully saturated rings. The van der Waals surface area contributed by atoms with Crippen molar-refractivity contribution < 1.29 is 22.7 Å². The van der Waals surface area contributed by atoms with Crippen molar-refractivity contribution in [1.29, 1.82) is 0 Å². The number of fused-ring (bicyclic) bond motifs is 2. The number of alkyl halides is 3. The number of nitrogens with one attached hydrogen (secondary N) is 2. The van der Waals surface area contributed by atoms with Crippen molar-refractivity contribution in [2.24, 2.45) is 0 Å². The molecule has 1 unspecified atom stereocenters. The summed E-state index contributed by atoms with van der Waals surface area (Å²) in [5.41, 5.74) is -0.598. The first-order valence-electron chi connectivity index (χ1n) is 11.8. The molecule has 0 saturated carbocycles. The zero-order chi connectivity index (χ0) is 25.7. The number of amides is 1. The number of H-pyrrole nitrogens is 1. The van der Waals surface area contributed by atoms with Crippen LogP contribution in [0.1, 0.15) is 39.3 Å². The number of rotatable bonds is 3. The Morgan fingerprint density at radius 2 is 2.00 bits per heavy atom. The van der Waals surface area contributed by atoms with Crippen molar-refractivity contribution >= 4 is 28.5 Å². The Bertz CT molecular complexity index is 1420. The first-order valence-corrected chi connectivity index (χ1v) is 11.8. The topological polar surface area (TPSA) is 87.5 Å². The van der Waals surface area contributed by atoms with E-state index in [0.717, 1.165) is 17.2 Å². The van der Waals surface area contributed by atoms with Crippen LogP contribution in [0, 0.1) is 0 Å². The van der Waals surface area contributed by atoms with Crippen LogP contribution in [0.25, 0.3) is 27.8 Å². The second-order valence-corrected chi connectivity index (χ2v) is 9.93. The van der Waals surface area contributed by atoms with Gasteiger partial charge in [0.2, 0.25) is 0 Å². The van der Waals surface area contributed by atoms with Gasteiger partial charge in [-0.25, -0.2) is 14.8 Å². The van der Waals surface area contributed by atoms with E-state index in [-0.39, 0.29) is 23.2 Å². The SMILES string of the molecule is CC(C)(C)OC(=O)N1CCCC(Nc2nc(-c3c[nH]c4ccccc34)c(C(F)(F)F)n3ccnc23)C1. The van der Waals surface area contributed by atoms with E-state index in [1.165, 1.54) is 12.4 Å². The molecule has 1 saturated heterocycles. The summed E-state index contributed by atoms with van der Waals surface area (Å²) < 4.78 is 49.5. The van der Waals surface area contributed by atoms with Crippen LogP contribution in [-0.2, 0) is 10.9 Å². The molecule has 0 bridgehead atoms. The molecule has 5 rings (SSSR count). The number of aromatic nitrogens is 4. The fourth-order valence-electron chi connectivity index (χ4n) is 4.59. The molecule has 11 heteroatoms. The molecule has 190 valence electrons. The van der Waals surface area contributed by atoms with Crippen molar-refractivity contribution in [2.75, 3.05) is 18.4 Å². The number of ether oxygens (including phenoxy) is 1. The van der Waals surface area contributed by atoms with E-state index < -0.39 is 23.6 Å². The summed E-state index contributed by atoms with van der Waals surface area (Å²) in [6.45, 7) is 6.30. The Labute approximate surface area is 205 Å². The molecule has 1 amide bonds. The molecule has 1 aromatic carbocycles. The number of imidazole rings is 1. The van der Waals surface area contributed by atoms with Crippen molar-refractivity contribution in [3.05, 3.63) is 48.5 Å². The third kappa shape index (κ3) is 4.57. The lowest BCUT2D eigenvalue weighted by atomic mass is 10.1. The maximum atomic E-state index is 14.3. The maximum absolute atomic E-state index is 14.3. The van der Waals surface area contributed by atoms with Crippen LogP contribution in [0.2, 0.25) is 0 Å². The number of benzene rings is 1. The molecule has 4 heterocycles. The third-order valence-corrected chi connectivity index (χ3v) is 6.07. The van der Waals surface area contributed by atoms with Crippen LogP contribution in [0.15, 0.2) is 42.9 Å². The average molecular weight is 501 g/mol. The van der Waals surface area contributed by atoms with Gasteiger partial charge in [0.05, 0.1) is 0 Å². The molecule has 4 aromatic rings. The summed E-state index contributed by atoms with van der Waals surface area (Å²) in [5, 5.41) is 3.90. The monoisotopic (exact) mass is 500 g/mol. The highest BCUT2D eigenvalue weighted by molar-refractivity contribution is 5.95. The Kier molecular flexibility index (Phi) is 5.80. The van der Waals surface area contributed by atoms with Crippen LogP contribution in [0.5, 0.6) is 0 Å². The standard InChI is InChI=1S/C25H27F3N6O2/c1-24(2,3)36-23(35)33-11-6-7-15(14-33)31-21-22-29-10-12-34(22)20(25(26,27)28)19(32-21)17-13-30-18-9-5-4-8-16(17)18/h4-5,8-10,12-13,15,30H,6-7,11,14H2,1-3H3,(H,31,32). The summed E-state index contributed by atoms with van der Waals surface area (Å²) in [6, 6.07) is 6.91. The lowest BCUT2D eigenvalue weighted by molar-refractivity contribution is -0.141. The summed E-state index contributed by atoms with van der Waals surface area (Å²) in [6.07, 6.45) is 0.506. The number of likely N-dealkylation sites (tertiary alicyclic amines) is 1. The number of hydrogen-bond acceptors (Lipinski definition) is 5. The number of nitrogens with zero attached hydrogens (tertiary/aromatic N) is 4. The highest BCUT2D eigenvalue weighted by Crippen LogP contribution is 2.40. The molecule has 36 heavy (non-hydrogen) atoms. The third-order valence-electron chi connectivity index (χ3n) is 6.07. The summed E-state index contributed by atoms with van der Waals surface area (Å²) in [7, 11) is 0. The van der Waals surface area contributed by atoms with Crippen LogP contribution < -0.4 is 5.32 Å². The van der Waals surface area contributed by atoms with Gasteiger partial charge in [-0.2, -0.15) is 13.2 Å². The maximum Gasteiger partial charge on any atom is 0.433 e. The van der Waals surface area contributed by atoms with Crippen LogP contribution >= 0.6 is 0 Å². The van der Waals surface area contributed by atoms with Crippen LogP contribution in [0.4, 0.5) is 23.8 Å². The molecule has 1 atom stereocenters. The molecule has 0 radical (unpaired) electrons. The van der Waals surface area contributed by atoms with E-state index in [4.69, 9.17) is 4.74 Å². The number of para-hydroxylation sites is 1. The minimum atomic E-state index is -4.67. The molecule has 0 aliphatic carbocycles. The fourth-order valence-corrected chi connectivity index (χ4v) is 4.59. The molecular formula is C25H27F3N6O2. The predicted octanol–water partition coefficient (Wildman–Crippen LogP) is 5.71. The molecule has 2 N–H and O–H groups in total. The lowest BCUT2D eigenvalue weighted by Crippen LogP contribution is -2.47. The molecule has 1 aliphatic heterocycles. The van der Waals surface area contributed by atoms with Gasteiger partial charge in [-0.05, 0) is 39.7 Å². The molecule has 0 spiro atoms. The van der Waals surface area contributed by atoms with E-state index in [1.807, 2.05) is 6.07 Å². The largest absolute Gasteiger partial charge is 0.444 e. The first kappa shape index (κ1) is 24.0. The Morgan fingerprint density at radius 3 is 2.75 bits per heavy atom. The Morgan fingerprint density at radius 1 is 1.22 bits per heavy atom. The van der Waals surface area contributed by atoms with Gasteiger partial charge in [0.15, 0.2) is 17.2 Å². The van der Waals surface area contributed by atoms with E-state index in [2.05, 4.69) is 20.3 Å². The van der Waals surface area contributed by atoms with E-state index >= 15 is 0 Å². The summed E-state index contributed by atoms with van der Waals surface area (Å²) in [4.78, 5) is 25.9. The summed E-state index contributed by atoms with van der Waals surface area (Å²) >= 11 is 0. The number of carbonyl (C=O) groups excluding carboxylic acids is 1. The normalized spacial score (nSPS) is 17.1. The lowest BCUT2D eigenvalue weighted by Gasteiger charge is -2.34. The van der Waals surface area contributed by atoms with Crippen molar-refractivity contribution in [3.63, 3.8) is 0 Å². The average Bonchev–Trinajstić information content (AvgIpc) is 3.44.